The summed E-state index contributed by atoms with van der Waals surface area (Å²) in [6.45, 7) is 3.55. The summed E-state index contributed by atoms with van der Waals surface area (Å²) in [5.41, 5.74) is 6.63. The van der Waals surface area contributed by atoms with Crippen LogP contribution in [0.3, 0.4) is 0 Å². The number of halogens is 1. The first-order valence-electron chi connectivity index (χ1n) is 10.3. The van der Waals surface area contributed by atoms with Crippen molar-refractivity contribution < 1.29 is 9.50 Å². The number of nitrogens with one attached hydrogen (secondary N) is 3. The molecule has 2 aliphatic carbocycles. The predicted octanol–water partition coefficient (Wildman–Crippen LogP) is 4.54. The second-order valence-electron chi connectivity index (χ2n) is 8.01. The molecule has 0 radical (unpaired) electrons. The second-order valence-corrected chi connectivity index (χ2v) is 8.01. The van der Waals surface area contributed by atoms with Crippen molar-refractivity contribution in [3.05, 3.63) is 65.8 Å². The molecule has 0 amide bonds. The average molecular weight is 392 g/mol. The summed E-state index contributed by atoms with van der Waals surface area (Å²) in [7, 11) is 0. The van der Waals surface area contributed by atoms with Gasteiger partial charge in [-0.2, -0.15) is 5.10 Å². The number of fused-ring (bicyclic) bond motifs is 4. The Morgan fingerprint density at radius 2 is 2.17 bits per heavy atom. The molecule has 0 fully saturated rings. The highest BCUT2D eigenvalue weighted by Gasteiger charge is 2.34. The van der Waals surface area contributed by atoms with Gasteiger partial charge < -0.3 is 15.7 Å². The molecule has 2 heterocycles. The molecule has 2 aromatic rings. The molecule has 150 valence electrons. The van der Waals surface area contributed by atoms with Crippen LogP contribution in [0.1, 0.15) is 37.7 Å². The van der Waals surface area contributed by atoms with E-state index in [-0.39, 0.29) is 17.8 Å². The van der Waals surface area contributed by atoms with Crippen LogP contribution in [0.4, 0.5) is 10.1 Å². The number of allylic oxidation sites excluding steroid dienone is 3. The van der Waals surface area contributed by atoms with Gasteiger partial charge in [0.2, 0.25) is 0 Å². The van der Waals surface area contributed by atoms with E-state index in [1.54, 1.807) is 6.08 Å². The summed E-state index contributed by atoms with van der Waals surface area (Å²) < 4.78 is 14.3. The Bertz CT molecular complexity index is 1060. The Morgan fingerprint density at radius 3 is 3.03 bits per heavy atom. The molecular weight excluding hydrogens is 367 g/mol. The number of nitrogens with zero attached hydrogens (tertiary/aromatic N) is 1. The minimum Gasteiger partial charge on any atom is -0.377 e. The lowest BCUT2D eigenvalue weighted by atomic mass is 9.74. The van der Waals surface area contributed by atoms with Gasteiger partial charge in [-0.05, 0) is 67.5 Å². The Labute approximate surface area is 169 Å². The van der Waals surface area contributed by atoms with Crippen LogP contribution in [0.25, 0.3) is 16.5 Å². The van der Waals surface area contributed by atoms with E-state index >= 15 is 0 Å². The van der Waals surface area contributed by atoms with Gasteiger partial charge in [0.25, 0.3) is 0 Å². The number of aromatic amines is 1. The van der Waals surface area contributed by atoms with Crippen molar-refractivity contribution in [2.24, 2.45) is 5.92 Å². The largest absolute Gasteiger partial charge is 0.377 e. The number of H-pyrrole nitrogens is 1. The molecule has 0 saturated carbocycles. The van der Waals surface area contributed by atoms with E-state index in [9.17, 15) is 9.50 Å². The van der Waals surface area contributed by atoms with E-state index < -0.39 is 6.23 Å². The maximum Gasteiger partial charge on any atom is 0.143 e. The Kier molecular flexibility index (Phi) is 4.51. The zero-order valence-corrected chi connectivity index (χ0v) is 16.2. The quantitative estimate of drug-likeness (QED) is 0.455. The molecule has 3 aliphatic rings. The van der Waals surface area contributed by atoms with E-state index in [2.05, 4.69) is 39.5 Å². The lowest BCUT2D eigenvalue weighted by Gasteiger charge is -2.39. The molecule has 5 nitrogen and oxygen atoms in total. The van der Waals surface area contributed by atoms with Gasteiger partial charge in [0, 0.05) is 22.6 Å². The first kappa shape index (κ1) is 18.2. The van der Waals surface area contributed by atoms with Crippen LogP contribution in [-0.2, 0) is 0 Å². The van der Waals surface area contributed by atoms with Gasteiger partial charge in [0.1, 0.15) is 12.1 Å². The van der Waals surface area contributed by atoms with Crippen molar-refractivity contribution >= 4 is 22.2 Å². The van der Waals surface area contributed by atoms with Gasteiger partial charge >= 0.3 is 0 Å². The molecule has 1 unspecified atom stereocenters. The standard InChI is InChI=1S/C23H25FN4O/c1-2-21(29)26-20-11-13(7-8-17(20)24)23-15-6-4-3-5-14(15)22-16-12-25-28-18(16)9-10-19(22)27-23/h2,8-13,21,23,26-27,29H,1,3-7H2,(H,25,28)/t13-,21?,23+/m0/s1. The smallest absolute Gasteiger partial charge is 0.143 e. The molecule has 3 atom stereocenters. The van der Waals surface area contributed by atoms with Gasteiger partial charge in [-0.1, -0.05) is 12.7 Å². The van der Waals surface area contributed by atoms with Crippen molar-refractivity contribution in [1.29, 1.82) is 0 Å². The summed E-state index contributed by atoms with van der Waals surface area (Å²) in [4.78, 5) is 0. The SMILES string of the molecule is C=CC(O)NC1=C[C@@H]([C@H]2Nc3ccc4[nH]ncc4c3C3=C2CCCC3)CC=C1F. The number of rotatable bonds is 4. The van der Waals surface area contributed by atoms with Gasteiger partial charge in [-0.25, -0.2) is 4.39 Å². The Balaban J connectivity index is 1.56. The van der Waals surface area contributed by atoms with Crippen LogP contribution in [0, 0.1) is 5.92 Å². The van der Waals surface area contributed by atoms with Crippen LogP contribution in [0.5, 0.6) is 0 Å². The van der Waals surface area contributed by atoms with Gasteiger partial charge in [-0.15, -0.1) is 0 Å². The third-order valence-corrected chi connectivity index (χ3v) is 6.28. The van der Waals surface area contributed by atoms with Crippen molar-refractivity contribution in [3.63, 3.8) is 0 Å². The second kappa shape index (κ2) is 7.19. The van der Waals surface area contributed by atoms with Gasteiger partial charge in [-0.3, -0.25) is 5.10 Å². The number of aliphatic hydroxyl groups is 1. The topological polar surface area (TPSA) is 73.0 Å². The minimum atomic E-state index is -0.974. The molecular formula is C23H25FN4O. The maximum absolute atomic E-state index is 14.3. The molecule has 0 saturated heterocycles. The average Bonchev–Trinajstić information content (AvgIpc) is 3.23. The number of anilines is 1. The summed E-state index contributed by atoms with van der Waals surface area (Å²) >= 11 is 0. The van der Waals surface area contributed by atoms with E-state index in [0.717, 1.165) is 29.4 Å². The van der Waals surface area contributed by atoms with Gasteiger partial charge in [0.15, 0.2) is 0 Å². The van der Waals surface area contributed by atoms with E-state index in [1.807, 2.05) is 12.3 Å². The monoisotopic (exact) mass is 392 g/mol. The van der Waals surface area contributed by atoms with Crippen molar-refractivity contribution in [1.82, 2.24) is 15.5 Å². The van der Waals surface area contributed by atoms with E-state index in [1.165, 1.54) is 35.6 Å². The normalized spacial score (nSPS) is 24.8. The number of aliphatic hydroxyl groups excluding tert-OH is 1. The fraction of sp³-hybridized carbons (Fsp3) is 0.348. The Hall–Kier alpha value is -2.86. The van der Waals surface area contributed by atoms with Crippen molar-refractivity contribution in [2.75, 3.05) is 5.32 Å². The minimum absolute atomic E-state index is 0.102. The zero-order valence-electron chi connectivity index (χ0n) is 16.2. The number of benzene rings is 1. The lowest BCUT2D eigenvalue weighted by Crippen LogP contribution is -2.37. The maximum atomic E-state index is 14.3. The summed E-state index contributed by atoms with van der Waals surface area (Å²) in [5, 5.41) is 24.8. The molecule has 6 heteroatoms. The fourth-order valence-corrected chi connectivity index (χ4v) is 4.92. The number of hydrogen-bond acceptors (Lipinski definition) is 4. The molecule has 5 rings (SSSR count). The lowest BCUT2D eigenvalue weighted by molar-refractivity contribution is 0.196. The van der Waals surface area contributed by atoms with Crippen molar-refractivity contribution in [3.8, 4) is 0 Å². The Morgan fingerprint density at radius 1 is 1.31 bits per heavy atom. The van der Waals surface area contributed by atoms with Gasteiger partial charge in [0.05, 0.1) is 23.5 Å². The highest BCUT2D eigenvalue weighted by atomic mass is 19.1. The third-order valence-electron chi connectivity index (χ3n) is 6.28. The molecule has 1 aromatic heterocycles. The van der Waals surface area contributed by atoms with E-state index in [0.29, 0.717) is 12.1 Å². The van der Waals surface area contributed by atoms with Crippen LogP contribution < -0.4 is 10.6 Å². The first-order valence-corrected chi connectivity index (χ1v) is 10.3. The number of hydrogen-bond donors (Lipinski definition) is 4. The number of aromatic nitrogens is 2. The predicted molar refractivity (Wildman–Crippen MR) is 114 cm³/mol. The molecule has 1 aromatic carbocycles. The molecule has 29 heavy (non-hydrogen) atoms. The van der Waals surface area contributed by atoms with Crippen LogP contribution in [-0.4, -0.2) is 27.6 Å². The zero-order chi connectivity index (χ0) is 20.0. The fourth-order valence-electron chi connectivity index (χ4n) is 4.92. The summed E-state index contributed by atoms with van der Waals surface area (Å²) in [5.74, 6) is -0.221. The molecule has 1 aliphatic heterocycles. The van der Waals surface area contributed by atoms with Crippen LogP contribution >= 0.6 is 0 Å². The highest BCUT2D eigenvalue weighted by molar-refractivity contribution is 6.00. The van der Waals surface area contributed by atoms with Crippen molar-refractivity contribution in [2.45, 2.75) is 44.4 Å². The highest BCUT2D eigenvalue weighted by Crippen LogP contribution is 2.47. The molecule has 4 N–H and O–H groups in total. The van der Waals surface area contributed by atoms with E-state index in [4.69, 9.17) is 0 Å². The molecule has 0 bridgehead atoms. The third kappa shape index (κ3) is 3.08. The van der Waals surface area contributed by atoms with Crippen LogP contribution in [0.2, 0.25) is 0 Å². The summed E-state index contributed by atoms with van der Waals surface area (Å²) in [6.07, 6.45) is 10.9. The van der Waals surface area contributed by atoms with Crippen LogP contribution in [0.15, 0.2) is 60.2 Å². The summed E-state index contributed by atoms with van der Waals surface area (Å²) in [6, 6.07) is 4.29. The first-order chi connectivity index (χ1) is 14.2. The molecule has 0 spiro atoms.